The Hall–Kier alpha value is -1.69. The van der Waals surface area contributed by atoms with Gasteiger partial charge in [-0.1, -0.05) is 6.92 Å². The van der Waals surface area contributed by atoms with E-state index < -0.39 is 6.55 Å². The summed E-state index contributed by atoms with van der Waals surface area (Å²) in [6.45, 7) is 1.42. The fourth-order valence-corrected chi connectivity index (χ4v) is 1.81. The van der Waals surface area contributed by atoms with Crippen molar-refractivity contribution in [3.63, 3.8) is 0 Å². The second kappa shape index (κ2) is 5.77. The number of hydrogen-bond donors (Lipinski definition) is 1. The van der Waals surface area contributed by atoms with Gasteiger partial charge in [0, 0.05) is 30.8 Å². The molecule has 2 rings (SSSR count). The van der Waals surface area contributed by atoms with Crippen molar-refractivity contribution in [2.75, 3.05) is 6.54 Å². The maximum atomic E-state index is 12.7. The molecule has 0 saturated heterocycles. The number of aromatic nitrogens is 3. The Morgan fingerprint density at radius 1 is 1.39 bits per heavy atom. The van der Waals surface area contributed by atoms with E-state index in [0.717, 1.165) is 23.4 Å². The van der Waals surface area contributed by atoms with Crippen molar-refractivity contribution in [2.45, 2.75) is 26.6 Å². The lowest BCUT2D eigenvalue weighted by molar-refractivity contribution is 0.0667. The number of alkyl halides is 2. The van der Waals surface area contributed by atoms with Gasteiger partial charge in [-0.2, -0.15) is 8.78 Å². The first kappa shape index (κ1) is 12.8. The van der Waals surface area contributed by atoms with Crippen LogP contribution in [0, 0.1) is 0 Å². The van der Waals surface area contributed by atoms with Gasteiger partial charge in [-0.3, -0.25) is 4.57 Å². The van der Waals surface area contributed by atoms with Crippen LogP contribution < -0.4 is 5.32 Å². The van der Waals surface area contributed by atoms with E-state index in [0.29, 0.717) is 12.4 Å². The molecule has 0 aliphatic rings. The Balaban J connectivity index is 2.13. The highest BCUT2D eigenvalue weighted by Gasteiger charge is 2.12. The van der Waals surface area contributed by atoms with Crippen LogP contribution in [-0.4, -0.2) is 20.7 Å². The highest BCUT2D eigenvalue weighted by atomic mass is 19.3. The van der Waals surface area contributed by atoms with E-state index >= 15 is 0 Å². The second-order valence-electron chi connectivity index (χ2n) is 3.94. The average molecular weight is 254 g/mol. The van der Waals surface area contributed by atoms with Crippen LogP contribution in [-0.2, 0) is 13.1 Å². The van der Waals surface area contributed by atoms with Gasteiger partial charge in [0.15, 0.2) is 0 Å². The first-order valence-electron chi connectivity index (χ1n) is 5.87. The summed E-state index contributed by atoms with van der Waals surface area (Å²) in [6, 6.07) is 3.88. The lowest BCUT2D eigenvalue weighted by atomic mass is 10.4. The van der Waals surface area contributed by atoms with Crippen molar-refractivity contribution >= 4 is 0 Å². The largest absolute Gasteiger partial charge is 0.343 e. The van der Waals surface area contributed by atoms with E-state index in [1.54, 1.807) is 0 Å². The lowest BCUT2D eigenvalue weighted by Crippen LogP contribution is -2.17. The first-order valence-corrected chi connectivity index (χ1v) is 5.87. The summed E-state index contributed by atoms with van der Waals surface area (Å²) in [7, 11) is 0. The average Bonchev–Trinajstić information content (AvgIpc) is 2.96. The molecule has 0 aromatic carbocycles. The molecule has 2 aromatic rings. The van der Waals surface area contributed by atoms with Crippen LogP contribution in [0.4, 0.5) is 8.78 Å². The predicted molar refractivity (Wildman–Crippen MR) is 64.4 cm³/mol. The van der Waals surface area contributed by atoms with Crippen LogP contribution in [0.2, 0.25) is 0 Å². The summed E-state index contributed by atoms with van der Waals surface area (Å²) < 4.78 is 28.2. The molecule has 0 atom stereocenters. The highest BCUT2D eigenvalue weighted by molar-refractivity contribution is 5.09. The number of nitrogens with zero attached hydrogens (tertiary/aromatic N) is 3. The van der Waals surface area contributed by atoms with Crippen LogP contribution in [0.5, 0.6) is 0 Å². The SMILES string of the molecule is CCNCc1cccn1Cc1nccn1C(F)F. The van der Waals surface area contributed by atoms with Crippen molar-refractivity contribution in [3.05, 3.63) is 42.2 Å². The van der Waals surface area contributed by atoms with E-state index in [9.17, 15) is 8.78 Å². The zero-order valence-electron chi connectivity index (χ0n) is 10.2. The standard InChI is InChI=1S/C12H16F2N4/c1-2-15-8-10-4-3-6-17(10)9-11-16-5-7-18(11)12(13)14/h3-7,12,15H,2,8-9H2,1H3. The molecule has 0 fully saturated rings. The van der Waals surface area contributed by atoms with Crippen LogP contribution in [0.15, 0.2) is 30.7 Å². The molecular weight excluding hydrogens is 238 g/mol. The minimum absolute atomic E-state index is 0.352. The third kappa shape index (κ3) is 2.76. The van der Waals surface area contributed by atoms with Crippen molar-refractivity contribution in [1.82, 2.24) is 19.4 Å². The zero-order valence-corrected chi connectivity index (χ0v) is 10.2. The normalized spacial score (nSPS) is 11.3. The molecular formula is C12H16F2N4. The molecule has 6 heteroatoms. The minimum atomic E-state index is -2.55. The summed E-state index contributed by atoms with van der Waals surface area (Å²) in [4.78, 5) is 3.98. The number of nitrogens with one attached hydrogen (secondary N) is 1. The van der Waals surface area contributed by atoms with Gasteiger partial charge in [-0.05, 0) is 18.7 Å². The summed E-state index contributed by atoms with van der Waals surface area (Å²) in [5, 5.41) is 3.21. The molecule has 0 aliphatic heterocycles. The third-order valence-corrected chi connectivity index (χ3v) is 2.75. The Kier molecular flexibility index (Phi) is 4.09. The van der Waals surface area contributed by atoms with Crippen LogP contribution in [0.25, 0.3) is 0 Å². The summed E-state index contributed by atoms with van der Waals surface area (Å²) in [6.07, 6.45) is 4.57. The molecule has 2 aromatic heterocycles. The van der Waals surface area contributed by atoms with Gasteiger partial charge >= 0.3 is 6.55 Å². The van der Waals surface area contributed by atoms with Gasteiger partial charge in [-0.15, -0.1) is 0 Å². The first-order chi connectivity index (χ1) is 8.72. The van der Waals surface area contributed by atoms with Crippen molar-refractivity contribution in [3.8, 4) is 0 Å². The Morgan fingerprint density at radius 3 is 2.94 bits per heavy atom. The maximum absolute atomic E-state index is 12.7. The van der Waals surface area contributed by atoms with E-state index in [1.165, 1.54) is 12.4 Å². The van der Waals surface area contributed by atoms with Crippen molar-refractivity contribution < 1.29 is 8.78 Å². The van der Waals surface area contributed by atoms with Crippen molar-refractivity contribution in [2.24, 2.45) is 0 Å². The molecule has 0 unspecified atom stereocenters. The highest BCUT2D eigenvalue weighted by Crippen LogP contribution is 2.14. The van der Waals surface area contributed by atoms with Crippen molar-refractivity contribution in [1.29, 1.82) is 0 Å². The summed E-state index contributed by atoms with van der Waals surface area (Å²) in [5.41, 5.74) is 1.06. The Labute approximate surface area is 104 Å². The summed E-state index contributed by atoms with van der Waals surface area (Å²) in [5.74, 6) is 0.360. The second-order valence-corrected chi connectivity index (χ2v) is 3.94. The molecule has 0 spiro atoms. The Morgan fingerprint density at radius 2 is 2.22 bits per heavy atom. The monoisotopic (exact) mass is 254 g/mol. The molecule has 98 valence electrons. The predicted octanol–water partition coefficient (Wildman–Crippen LogP) is 2.24. The van der Waals surface area contributed by atoms with Gasteiger partial charge in [0.2, 0.25) is 0 Å². The fourth-order valence-electron chi connectivity index (χ4n) is 1.81. The number of halogens is 2. The zero-order chi connectivity index (χ0) is 13.0. The summed E-state index contributed by atoms with van der Waals surface area (Å²) >= 11 is 0. The molecule has 18 heavy (non-hydrogen) atoms. The van der Waals surface area contributed by atoms with Crippen LogP contribution >= 0.6 is 0 Å². The van der Waals surface area contributed by atoms with Crippen LogP contribution in [0.3, 0.4) is 0 Å². The van der Waals surface area contributed by atoms with Gasteiger partial charge in [0.05, 0.1) is 6.54 Å². The fraction of sp³-hybridized carbons (Fsp3) is 0.417. The maximum Gasteiger partial charge on any atom is 0.319 e. The molecule has 2 heterocycles. The topological polar surface area (TPSA) is 34.8 Å². The Bertz CT molecular complexity index is 490. The smallest absolute Gasteiger partial charge is 0.319 e. The van der Waals surface area contributed by atoms with E-state index in [2.05, 4.69) is 10.3 Å². The van der Waals surface area contributed by atoms with Gasteiger partial charge in [-0.25, -0.2) is 4.98 Å². The van der Waals surface area contributed by atoms with Gasteiger partial charge in [0.25, 0.3) is 0 Å². The molecule has 1 N–H and O–H groups in total. The minimum Gasteiger partial charge on any atom is -0.343 e. The van der Waals surface area contributed by atoms with E-state index in [4.69, 9.17) is 0 Å². The molecule has 0 amide bonds. The van der Waals surface area contributed by atoms with Gasteiger partial charge < -0.3 is 9.88 Å². The molecule has 4 nitrogen and oxygen atoms in total. The quantitative estimate of drug-likeness (QED) is 0.858. The molecule has 0 bridgehead atoms. The van der Waals surface area contributed by atoms with E-state index in [1.807, 2.05) is 29.8 Å². The molecule has 0 radical (unpaired) electrons. The number of rotatable bonds is 6. The van der Waals surface area contributed by atoms with Crippen LogP contribution in [0.1, 0.15) is 25.0 Å². The number of imidazole rings is 1. The molecule has 0 aliphatic carbocycles. The van der Waals surface area contributed by atoms with Gasteiger partial charge in [0.1, 0.15) is 5.82 Å². The third-order valence-electron chi connectivity index (χ3n) is 2.75. The van der Waals surface area contributed by atoms with E-state index in [-0.39, 0.29) is 0 Å². The lowest BCUT2D eigenvalue weighted by Gasteiger charge is -2.11. The molecule has 0 saturated carbocycles. The number of hydrogen-bond acceptors (Lipinski definition) is 2.